The molecule has 0 aliphatic rings. The first kappa shape index (κ1) is 15.6. The molecule has 3 aromatic rings. The van der Waals surface area contributed by atoms with Crippen molar-refractivity contribution in [2.75, 3.05) is 0 Å². The van der Waals surface area contributed by atoms with E-state index in [0.717, 1.165) is 28.8 Å². The summed E-state index contributed by atoms with van der Waals surface area (Å²) in [6.07, 6.45) is 1.59. The first-order valence-electron chi connectivity index (χ1n) is 7.43. The minimum absolute atomic E-state index is 0.159. The van der Waals surface area contributed by atoms with Crippen molar-refractivity contribution in [3.05, 3.63) is 46.4 Å². The molecule has 1 aromatic carbocycles. The standard InChI is InChI=1S/C16H18ClN5O/c1-4-22-10(2)11(8-19-22)16(23)18-9-13-15-12(17)6-5-7-14(15)21(3)20-13/h5-8H,4,9H2,1-3H3,(H,18,23). The molecule has 2 heterocycles. The van der Waals surface area contributed by atoms with Crippen LogP contribution in [0.25, 0.3) is 10.9 Å². The highest BCUT2D eigenvalue weighted by Gasteiger charge is 2.16. The van der Waals surface area contributed by atoms with Crippen LogP contribution in [0.15, 0.2) is 24.4 Å². The molecule has 0 aliphatic heterocycles. The van der Waals surface area contributed by atoms with Crippen LogP contribution >= 0.6 is 11.6 Å². The van der Waals surface area contributed by atoms with Crippen LogP contribution in [-0.4, -0.2) is 25.5 Å². The largest absolute Gasteiger partial charge is 0.346 e. The van der Waals surface area contributed by atoms with Gasteiger partial charge >= 0.3 is 0 Å². The lowest BCUT2D eigenvalue weighted by Crippen LogP contribution is -2.23. The van der Waals surface area contributed by atoms with Crippen LogP contribution in [0.1, 0.15) is 28.7 Å². The fourth-order valence-corrected chi connectivity index (χ4v) is 3.00. The van der Waals surface area contributed by atoms with Crippen LogP contribution in [0.2, 0.25) is 5.02 Å². The highest BCUT2D eigenvalue weighted by atomic mass is 35.5. The van der Waals surface area contributed by atoms with Crippen molar-refractivity contribution in [2.24, 2.45) is 7.05 Å². The summed E-state index contributed by atoms with van der Waals surface area (Å²) in [5, 5.41) is 13.1. The van der Waals surface area contributed by atoms with Gasteiger partial charge in [0.05, 0.1) is 34.5 Å². The maximum atomic E-state index is 12.4. The van der Waals surface area contributed by atoms with Gasteiger partial charge in [0.15, 0.2) is 0 Å². The van der Waals surface area contributed by atoms with Crippen LogP contribution in [0.4, 0.5) is 0 Å². The molecule has 0 radical (unpaired) electrons. The monoisotopic (exact) mass is 331 g/mol. The van der Waals surface area contributed by atoms with E-state index < -0.39 is 0 Å². The van der Waals surface area contributed by atoms with Crippen LogP contribution in [-0.2, 0) is 20.1 Å². The number of rotatable bonds is 4. The number of hydrogen-bond donors (Lipinski definition) is 1. The van der Waals surface area contributed by atoms with Crippen LogP contribution in [0.3, 0.4) is 0 Å². The molecule has 120 valence electrons. The number of amides is 1. The summed E-state index contributed by atoms with van der Waals surface area (Å²) in [6, 6.07) is 5.67. The Morgan fingerprint density at radius 2 is 2.17 bits per heavy atom. The Labute approximate surface area is 139 Å². The van der Waals surface area contributed by atoms with Crippen molar-refractivity contribution in [3.8, 4) is 0 Å². The van der Waals surface area contributed by atoms with Crippen molar-refractivity contribution >= 4 is 28.4 Å². The molecule has 3 rings (SSSR count). The predicted molar refractivity (Wildman–Crippen MR) is 89.5 cm³/mol. The van der Waals surface area contributed by atoms with Gasteiger partial charge in [0, 0.05) is 24.7 Å². The lowest BCUT2D eigenvalue weighted by atomic mass is 10.2. The van der Waals surface area contributed by atoms with E-state index in [2.05, 4.69) is 15.5 Å². The van der Waals surface area contributed by atoms with E-state index >= 15 is 0 Å². The minimum atomic E-state index is -0.159. The number of fused-ring (bicyclic) bond motifs is 1. The number of aryl methyl sites for hydroxylation is 2. The Morgan fingerprint density at radius 1 is 1.39 bits per heavy atom. The van der Waals surface area contributed by atoms with Gasteiger partial charge in [-0.1, -0.05) is 17.7 Å². The molecule has 0 saturated heterocycles. The van der Waals surface area contributed by atoms with E-state index in [9.17, 15) is 4.79 Å². The number of halogens is 1. The number of hydrogen-bond acceptors (Lipinski definition) is 3. The predicted octanol–water partition coefficient (Wildman–Crippen LogP) is 2.68. The Balaban J connectivity index is 1.83. The molecule has 1 amide bonds. The fraction of sp³-hybridized carbons (Fsp3) is 0.312. The first-order chi connectivity index (χ1) is 11.0. The summed E-state index contributed by atoms with van der Waals surface area (Å²) in [5.41, 5.74) is 3.13. The molecule has 0 atom stereocenters. The zero-order valence-corrected chi connectivity index (χ0v) is 14.1. The molecule has 6 nitrogen and oxygen atoms in total. The Bertz CT molecular complexity index is 880. The van der Waals surface area contributed by atoms with Gasteiger partial charge in [-0.05, 0) is 26.0 Å². The van der Waals surface area contributed by atoms with Crippen molar-refractivity contribution in [1.29, 1.82) is 0 Å². The molecule has 0 saturated carbocycles. The van der Waals surface area contributed by atoms with Gasteiger partial charge in [0.2, 0.25) is 0 Å². The quantitative estimate of drug-likeness (QED) is 0.799. The zero-order chi connectivity index (χ0) is 16.6. The maximum absolute atomic E-state index is 12.4. The summed E-state index contributed by atoms with van der Waals surface area (Å²) in [6.45, 7) is 4.93. The van der Waals surface area contributed by atoms with Gasteiger partial charge in [0.1, 0.15) is 0 Å². The number of carbonyl (C=O) groups is 1. The van der Waals surface area contributed by atoms with E-state index in [-0.39, 0.29) is 5.91 Å². The summed E-state index contributed by atoms with van der Waals surface area (Å²) in [5.74, 6) is -0.159. The SMILES string of the molecule is CCn1ncc(C(=O)NCc2nn(C)c3cccc(Cl)c23)c1C. The maximum Gasteiger partial charge on any atom is 0.255 e. The molecule has 23 heavy (non-hydrogen) atoms. The van der Waals surface area contributed by atoms with Crippen LogP contribution in [0, 0.1) is 6.92 Å². The van der Waals surface area contributed by atoms with Gasteiger partial charge in [-0.2, -0.15) is 10.2 Å². The molecular formula is C16H18ClN5O. The van der Waals surface area contributed by atoms with E-state index in [4.69, 9.17) is 11.6 Å². The highest BCUT2D eigenvalue weighted by molar-refractivity contribution is 6.35. The average Bonchev–Trinajstić information content (AvgIpc) is 3.06. The Hall–Kier alpha value is -2.34. The number of benzene rings is 1. The second kappa shape index (κ2) is 6.04. The van der Waals surface area contributed by atoms with Crippen molar-refractivity contribution < 1.29 is 4.79 Å². The molecular weight excluding hydrogens is 314 g/mol. The number of nitrogens with zero attached hydrogens (tertiary/aromatic N) is 4. The summed E-state index contributed by atoms with van der Waals surface area (Å²) < 4.78 is 3.56. The smallest absolute Gasteiger partial charge is 0.255 e. The second-order valence-corrected chi connectivity index (χ2v) is 5.75. The third kappa shape index (κ3) is 2.70. The summed E-state index contributed by atoms with van der Waals surface area (Å²) in [7, 11) is 1.86. The Kier molecular flexibility index (Phi) is 4.09. The topological polar surface area (TPSA) is 64.7 Å². The summed E-state index contributed by atoms with van der Waals surface area (Å²) >= 11 is 6.28. The van der Waals surface area contributed by atoms with Gasteiger partial charge < -0.3 is 5.32 Å². The fourth-order valence-electron chi connectivity index (χ4n) is 2.72. The normalized spacial score (nSPS) is 11.1. The molecule has 0 spiro atoms. The van der Waals surface area contributed by atoms with Gasteiger partial charge in [0.25, 0.3) is 5.91 Å². The van der Waals surface area contributed by atoms with Gasteiger partial charge in [-0.3, -0.25) is 14.2 Å². The van der Waals surface area contributed by atoms with Gasteiger partial charge in [-0.15, -0.1) is 0 Å². The van der Waals surface area contributed by atoms with Gasteiger partial charge in [-0.25, -0.2) is 0 Å². The second-order valence-electron chi connectivity index (χ2n) is 5.35. The number of carbonyl (C=O) groups excluding carboxylic acids is 1. The molecule has 0 bridgehead atoms. The molecule has 2 aromatic heterocycles. The van der Waals surface area contributed by atoms with Crippen LogP contribution in [0.5, 0.6) is 0 Å². The summed E-state index contributed by atoms with van der Waals surface area (Å²) in [4.78, 5) is 12.4. The molecule has 0 fully saturated rings. The van der Waals surface area contributed by atoms with E-state index in [0.29, 0.717) is 17.1 Å². The number of nitrogens with one attached hydrogen (secondary N) is 1. The van der Waals surface area contributed by atoms with Crippen LogP contribution < -0.4 is 5.32 Å². The molecule has 0 unspecified atom stereocenters. The highest BCUT2D eigenvalue weighted by Crippen LogP contribution is 2.26. The molecule has 1 N–H and O–H groups in total. The molecule has 0 aliphatic carbocycles. The van der Waals surface area contributed by atoms with E-state index in [1.165, 1.54) is 0 Å². The molecule has 7 heteroatoms. The lowest BCUT2D eigenvalue weighted by molar-refractivity contribution is 0.0949. The van der Waals surface area contributed by atoms with Crippen molar-refractivity contribution in [3.63, 3.8) is 0 Å². The third-order valence-electron chi connectivity index (χ3n) is 3.96. The number of aromatic nitrogens is 4. The minimum Gasteiger partial charge on any atom is -0.346 e. The lowest BCUT2D eigenvalue weighted by Gasteiger charge is -2.04. The zero-order valence-electron chi connectivity index (χ0n) is 13.3. The third-order valence-corrected chi connectivity index (χ3v) is 4.28. The van der Waals surface area contributed by atoms with Crippen molar-refractivity contribution in [2.45, 2.75) is 26.9 Å². The van der Waals surface area contributed by atoms with E-state index in [1.807, 2.05) is 39.1 Å². The first-order valence-corrected chi connectivity index (χ1v) is 7.81. The van der Waals surface area contributed by atoms with Crippen molar-refractivity contribution in [1.82, 2.24) is 24.9 Å². The Morgan fingerprint density at radius 3 is 2.87 bits per heavy atom. The van der Waals surface area contributed by atoms with E-state index in [1.54, 1.807) is 15.6 Å². The average molecular weight is 332 g/mol.